The zero-order valence-corrected chi connectivity index (χ0v) is 18.6. The fraction of sp³-hybridized carbons (Fsp3) is 0.409. The van der Waals surface area contributed by atoms with Crippen molar-refractivity contribution in [2.45, 2.75) is 30.1 Å². The molecule has 1 aromatic heterocycles. The van der Waals surface area contributed by atoms with Crippen molar-refractivity contribution in [2.75, 3.05) is 26.1 Å². The Bertz CT molecular complexity index is 1190. The van der Waals surface area contributed by atoms with Crippen LogP contribution in [0, 0.1) is 5.82 Å². The molecule has 1 aromatic carbocycles. The number of pyridine rings is 1. The maximum Gasteiger partial charge on any atom is 0.185 e. The maximum absolute atomic E-state index is 14.9. The molecule has 8 nitrogen and oxygen atoms in total. The lowest BCUT2D eigenvalue weighted by atomic mass is 9.90. The molecule has 2 aromatic rings. The first-order chi connectivity index (χ1) is 15.1. The number of hydrogen-bond acceptors (Lipinski definition) is 8. The molecule has 2 N–H and O–H groups in total. The molecule has 0 unspecified atom stereocenters. The minimum atomic E-state index is -3.77. The summed E-state index contributed by atoms with van der Waals surface area (Å²) in [5, 5.41) is 0. The van der Waals surface area contributed by atoms with Crippen molar-refractivity contribution in [3.63, 3.8) is 0 Å². The smallest absolute Gasteiger partial charge is 0.185 e. The maximum atomic E-state index is 14.9. The molecule has 4 rings (SSSR count). The van der Waals surface area contributed by atoms with Crippen molar-refractivity contribution in [3.8, 4) is 5.75 Å². The lowest BCUT2D eigenvalue weighted by Gasteiger charge is -2.39. The topological polar surface area (TPSA) is 121 Å². The highest BCUT2D eigenvalue weighted by atomic mass is 32.2. The molecule has 32 heavy (non-hydrogen) atoms. The van der Waals surface area contributed by atoms with Gasteiger partial charge in [0, 0.05) is 18.6 Å². The van der Waals surface area contributed by atoms with Gasteiger partial charge in [-0.15, -0.1) is 0 Å². The van der Waals surface area contributed by atoms with Gasteiger partial charge < -0.3 is 15.2 Å². The number of aliphatic imine (C=N–C) groups is 1. The van der Waals surface area contributed by atoms with Gasteiger partial charge in [-0.2, -0.15) is 0 Å². The van der Waals surface area contributed by atoms with Crippen LogP contribution in [0.1, 0.15) is 35.0 Å². The van der Waals surface area contributed by atoms with Crippen LogP contribution < -0.4 is 10.5 Å². The van der Waals surface area contributed by atoms with Crippen molar-refractivity contribution in [1.82, 2.24) is 4.98 Å². The Hall–Kier alpha value is -2.85. The standard InChI is InChI=1S/C22H24FN3O5S/c1-21(13-32(28,29)22(20(24)26-21)7-8-31-12-22)16-9-14(3-5-17(16)23)10-19(27)18-6-4-15(30-2)11-25-18/h3-6,9,11H,7-8,10,12-13H2,1-2H3,(H2,24,26)/t21-,22-/m0/s1. The van der Waals surface area contributed by atoms with Gasteiger partial charge in [0.15, 0.2) is 20.4 Å². The molecule has 1 fully saturated rings. The van der Waals surface area contributed by atoms with E-state index >= 15 is 0 Å². The minimum absolute atomic E-state index is 0.0353. The van der Waals surface area contributed by atoms with E-state index in [2.05, 4.69) is 9.98 Å². The van der Waals surface area contributed by atoms with Gasteiger partial charge in [0.2, 0.25) is 0 Å². The molecule has 3 heterocycles. The molecule has 170 valence electrons. The quantitative estimate of drug-likeness (QED) is 0.674. The van der Waals surface area contributed by atoms with E-state index in [1.165, 1.54) is 38.4 Å². The number of rotatable bonds is 5. The van der Waals surface area contributed by atoms with E-state index in [0.29, 0.717) is 11.3 Å². The number of aromatic nitrogens is 1. The number of hydrogen-bond donors (Lipinski definition) is 1. The first-order valence-corrected chi connectivity index (χ1v) is 11.7. The fourth-order valence-corrected chi connectivity index (χ4v) is 6.49. The molecule has 0 saturated carbocycles. The van der Waals surface area contributed by atoms with Crippen LogP contribution in [0.5, 0.6) is 5.75 Å². The SMILES string of the molecule is COc1ccc(C(=O)Cc2ccc(F)c([C@]3(C)CS(=O)(=O)[C@]4(CCOC4)C(N)=N3)c2)nc1. The van der Waals surface area contributed by atoms with Crippen molar-refractivity contribution < 1.29 is 27.1 Å². The number of sulfone groups is 1. The summed E-state index contributed by atoms with van der Waals surface area (Å²) < 4.78 is 50.2. The number of Topliss-reactive ketones (excluding diaryl/α,β-unsaturated/α-hetero) is 1. The summed E-state index contributed by atoms with van der Waals surface area (Å²) in [7, 11) is -2.26. The second-order valence-electron chi connectivity index (χ2n) is 8.32. The number of nitrogens with two attached hydrogens (primary N) is 1. The second kappa shape index (κ2) is 7.93. The number of carbonyl (C=O) groups is 1. The predicted octanol–water partition coefficient (Wildman–Crippen LogP) is 1.81. The average Bonchev–Trinajstić information content (AvgIpc) is 3.26. The van der Waals surface area contributed by atoms with Gasteiger partial charge in [0.05, 0.1) is 25.7 Å². The van der Waals surface area contributed by atoms with Crippen molar-refractivity contribution in [3.05, 3.63) is 59.2 Å². The Morgan fingerprint density at radius 3 is 2.69 bits per heavy atom. The lowest BCUT2D eigenvalue weighted by molar-refractivity contribution is 0.0988. The van der Waals surface area contributed by atoms with Gasteiger partial charge in [0.25, 0.3) is 0 Å². The zero-order valence-electron chi connectivity index (χ0n) is 17.8. The number of carbonyl (C=O) groups excluding carboxylic acids is 1. The fourth-order valence-electron chi connectivity index (χ4n) is 4.24. The molecule has 0 amide bonds. The highest BCUT2D eigenvalue weighted by Gasteiger charge is 2.57. The van der Waals surface area contributed by atoms with Gasteiger partial charge in [-0.05, 0) is 43.2 Å². The van der Waals surface area contributed by atoms with E-state index in [0.717, 1.165) is 0 Å². The number of ether oxygens (including phenoxy) is 2. The summed E-state index contributed by atoms with van der Waals surface area (Å²) in [5.74, 6) is -0.823. The van der Waals surface area contributed by atoms with Gasteiger partial charge >= 0.3 is 0 Å². The van der Waals surface area contributed by atoms with Crippen LogP contribution in [0.4, 0.5) is 4.39 Å². The molecule has 0 aliphatic carbocycles. The first kappa shape index (κ1) is 22.3. The highest BCUT2D eigenvalue weighted by Crippen LogP contribution is 2.41. The van der Waals surface area contributed by atoms with Crippen molar-refractivity contribution >= 4 is 21.5 Å². The third-order valence-corrected chi connectivity index (χ3v) is 8.78. The van der Waals surface area contributed by atoms with Crippen LogP contribution in [0.15, 0.2) is 41.5 Å². The van der Waals surface area contributed by atoms with E-state index in [1.54, 1.807) is 12.1 Å². The third-order valence-electron chi connectivity index (χ3n) is 6.12. The monoisotopic (exact) mass is 461 g/mol. The summed E-state index contributed by atoms with van der Waals surface area (Å²) in [6, 6.07) is 7.36. The largest absolute Gasteiger partial charge is 0.495 e. The summed E-state index contributed by atoms with van der Waals surface area (Å²) in [6.45, 7) is 1.76. The van der Waals surface area contributed by atoms with E-state index < -0.39 is 31.7 Å². The zero-order chi connectivity index (χ0) is 23.1. The summed E-state index contributed by atoms with van der Waals surface area (Å²) >= 11 is 0. The molecular formula is C22H24FN3O5S. The number of methoxy groups -OCH3 is 1. The van der Waals surface area contributed by atoms with E-state index in [4.69, 9.17) is 15.2 Å². The summed E-state index contributed by atoms with van der Waals surface area (Å²) in [4.78, 5) is 21.2. The highest BCUT2D eigenvalue weighted by molar-refractivity contribution is 7.93. The Balaban J connectivity index is 1.66. The predicted molar refractivity (Wildman–Crippen MR) is 116 cm³/mol. The van der Waals surface area contributed by atoms with Crippen LogP contribution in [-0.4, -0.2) is 55.8 Å². The molecule has 2 aliphatic rings. The van der Waals surface area contributed by atoms with Gasteiger partial charge in [-0.25, -0.2) is 17.8 Å². The van der Waals surface area contributed by atoms with Crippen molar-refractivity contribution in [2.24, 2.45) is 10.7 Å². The van der Waals surface area contributed by atoms with Gasteiger partial charge in [0.1, 0.15) is 28.6 Å². The van der Waals surface area contributed by atoms with Crippen LogP contribution in [0.2, 0.25) is 0 Å². The Kier molecular flexibility index (Phi) is 5.54. The van der Waals surface area contributed by atoms with E-state index in [1.807, 2.05) is 0 Å². The molecule has 1 saturated heterocycles. The molecule has 2 atom stereocenters. The normalized spacial score (nSPS) is 26.7. The number of benzene rings is 1. The molecule has 1 spiro atoms. The second-order valence-corrected chi connectivity index (χ2v) is 10.6. The van der Waals surface area contributed by atoms with Crippen LogP contribution >= 0.6 is 0 Å². The number of ketones is 1. The van der Waals surface area contributed by atoms with Crippen LogP contribution in [0.25, 0.3) is 0 Å². The molecule has 0 radical (unpaired) electrons. The Morgan fingerprint density at radius 1 is 1.31 bits per heavy atom. The number of halogens is 1. The molecule has 10 heteroatoms. The number of amidine groups is 1. The summed E-state index contributed by atoms with van der Waals surface area (Å²) in [5.41, 5.74) is 5.54. The molecular weight excluding hydrogens is 437 g/mol. The van der Waals surface area contributed by atoms with Gasteiger partial charge in [-0.3, -0.25) is 9.79 Å². The van der Waals surface area contributed by atoms with Crippen molar-refractivity contribution in [1.29, 1.82) is 0 Å². The summed E-state index contributed by atoms with van der Waals surface area (Å²) in [6.07, 6.45) is 1.64. The van der Waals surface area contributed by atoms with Gasteiger partial charge in [-0.1, -0.05) is 6.07 Å². The van der Waals surface area contributed by atoms with Crippen LogP contribution in [0.3, 0.4) is 0 Å². The molecule has 2 aliphatic heterocycles. The molecule has 0 bridgehead atoms. The van der Waals surface area contributed by atoms with Crippen LogP contribution in [-0.2, 0) is 26.5 Å². The van der Waals surface area contributed by atoms with E-state index in [-0.39, 0.29) is 48.9 Å². The van der Waals surface area contributed by atoms with E-state index in [9.17, 15) is 17.6 Å². The minimum Gasteiger partial charge on any atom is -0.495 e. The Labute approximate surface area is 185 Å². The average molecular weight is 462 g/mol. The Morgan fingerprint density at radius 2 is 2.09 bits per heavy atom. The lowest BCUT2D eigenvalue weighted by Crippen LogP contribution is -2.58. The first-order valence-electron chi connectivity index (χ1n) is 10.1. The third kappa shape index (κ3) is 3.67. The number of nitrogens with zero attached hydrogens (tertiary/aromatic N) is 2.